The van der Waals surface area contributed by atoms with Crippen molar-refractivity contribution in [1.29, 1.82) is 0 Å². The first-order valence-corrected chi connectivity index (χ1v) is 10.0. The molecular formula is C25H24N2O3. The number of carbonyl (C=O) groups is 2. The maximum Gasteiger partial charge on any atom is 0.262 e. The molecule has 1 heterocycles. The van der Waals surface area contributed by atoms with Crippen LogP contribution < -0.4 is 10.1 Å². The van der Waals surface area contributed by atoms with Crippen molar-refractivity contribution in [3.05, 3.63) is 95.1 Å². The zero-order chi connectivity index (χ0) is 20.9. The number of para-hydroxylation sites is 1. The Morgan fingerprint density at radius 2 is 1.83 bits per heavy atom. The van der Waals surface area contributed by atoms with E-state index < -0.39 is 0 Å². The first-order valence-electron chi connectivity index (χ1n) is 10.0. The van der Waals surface area contributed by atoms with Gasteiger partial charge in [0.15, 0.2) is 6.61 Å². The number of hydrogen-bond donors (Lipinski definition) is 1. The van der Waals surface area contributed by atoms with Crippen molar-refractivity contribution in [3.63, 3.8) is 0 Å². The van der Waals surface area contributed by atoms with E-state index in [0.717, 1.165) is 16.8 Å². The highest BCUT2D eigenvalue weighted by atomic mass is 16.5. The van der Waals surface area contributed by atoms with Gasteiger partial charge in [-0.3, -0.25) is 9.59 Å². The minimum Gasteiger partial charge on any atom is -0.483 e. The van der Waals surface area contributed by atoms with E-state index in [4.69, 9.17) is 4.74 Å². The number of aryl methyl sites for hydroxylation is 1. The molecule has 3 aromatic carbocycles. The van der Waals surface area contributed by atoms with Crippen LogP contribution in [0.4, 0.5) is 5.69 Å². The number of benzene rings is 3. The van der Waals surface area contributed by atoms with Gasteiger partial charge < -0.3 is 15.0 Å². The molecule has 1 aliphatic heterocycles. The highest BCUT2D eigenvalue weighted by Crippen LogP contribution is 2.29. The molecule has 30 heavy (non-hydrogen) atoms. The number of rotatable bonds is 6. The Morgan fingerprint density at radius 1 is 1.03 bits per heavy atom. The highest BCUT2D eigenvalue weighted by molar-refractivity contribution is 5.97. The van der Waals surface area contributed by atoms with Crippen molar-refractivity contribution in [2.75, 3.05) is 18.5 Å². The normalized spacial score (nSPS) is 13.0. The van der Waals surface area contributed by atoms with E-state index in [1.165, 1.54) is 5.56 Å². The molecule has 0 radical (unpaired) electrons. The third-order valence-corrected chi connectivity index (χ3v) is 5.15. The van der Waals surface area contributed by atoms with Crippen LogP contribution in [0.25, 0.3) is 0 Å². The van der Waals surface area contributed by atoms with Crippen LogP contribution in [-0.2, 0) is 17.8 Å². The van der Waals surface area contributed by atoms with Crippen molar-refractivity contribution in [2.24, 2.45) is 0 Å². The fraction of sp³-hybridized carbons (Fsp3) is 0.200. The van der Waals surface area contributed by atoms with E-state index in [0.29, 0.717) is 30.8 Å². The van der Waals surface area contributed by atoms with Gasteiger partial charge in [0, 0.05) is 29.9 Å². The first kappa shape index (κ1) is 19.7. The molecule has 0 saturated carbocycles. The van der Waals surface area contributed by atoms with Gasteiger partial charge in [-0.1, -0.05) is 54.1 Å². The van der Waals surface area contributed by atoms with Gasteiger partial charge in [-0.15, -0.1) is 0 Å². The summed E-state index contributed by atoms with van der Waals surface area (Å²) in [5.41, 5.74) is 4.55. The second-order valence-electron chi connectivity index (χ2n) is 7.45. The fourth-order valence-electron chi connectivity index (χ4n) is 3.72. The Labute approximate surface area is 176 Å². The zero-order valence-electron chi connectivity index (χ0n) is 16.9. The van der Waals surface area contributed by atoms with Gasteiger partial charge in [-0.2, -0.15) is 0 Å². The summed E-state index contributed by atoms with van der Waals surface area (Å²) in [6.45, 7) is 3.15. The molecule has 5 heteroatoms. The average molecular weight is 400 g/mol. The van der Waals surface area contributed by atoms with Crippen LogP contribution in [0.1, 0.15) is 27.0 Å². The lowest BCUT2D eigenvalue weighted by molar-refractivity contribution is -0.118. The first-order chi connectivity index (χ1) is 14.6. The van der Waals surface area contributed by atoms with Gasteiger partial charge in [0.1, 0.15) is 5.75 Å². The Kier molecular flexibility index (Phi) is 5.80. The molecule has 0 aromatic heterocycles. The van der Waals surface area contributed by atoms with E-state index in [1.54, 1.807) is 6.07 Å². The van der Waals surface area contributed by atoms with Crippen molar-refractivity contribution >= 4 is 17.5 Å². The highest BCUT2D eigenvalue weighted by Gasteiger charge is 2.26. The zero-order valence-corrected chi connectivity index (χ0v) is 16.9. The maximum absolute atomic E-state index is 13.0. The van der Waals surface area contributed by atoms with Gasteiger partial charge in [0.05, 0.1) is 0 Å². The monoisotopic (exact) mass is 400 g/mol. The van der Waals surface area contributed by atoms with Crippen LogP contribution in [0, 0.1) is 6.92 Å². The third-order valence-electron chi connectivity index (χ3n) is 5.15. The molecule has 0 bridgehead atoms. The van der Waals surface area contributed by atoms with E-state index in [2.05, 4.69) is 11.4 Å². The molecule has 5 nitrogen and oxygen atoms in total. The SMILES string of the molecule is Cc1cccc(CN2CCc3c(OCC(=O)Nc4ccccc4)cccc3C2=O)c1. The lowest BCUT2D eigenvalue weighted by atomic mass is 9.97. The van der Waals surface area contributed by atoms with Crippen LogP contribution in [-0.4, -0.2) is 29.9 Å². The molecule has 0 aliphatic carbocycles. The van der Waals surface area contributed by atoms with Crippen LogP contribution in [0.5, 0.6) is 5.75 Å². The van der Waals surface area contributed by atoms with Crippen molar-refractivity contribution in [1.82, 2.24) is 4.90 Å². The largest absolute Gasteiger partial charge is 0.483 e. The van der Waals surface area contributed by atoms with Crippen molar-refractivity contribution < 1.29 is 14.3 Å². The number of amides is 2. The number of nitrogens with one attached hydrogen (secondary N) is 1. The summed E-state index contributed by atoms with van der Waals surface area (Å²) in [5, 5.41) is 2.80. The summed E-state index contributed by atoms with van der Waals surface area (Å²) in [4.78, 5) is 27.1. The van der Waals surface area contributed by atoms with Gasteiger partial charge >= 0.3 is 0 Å². The molecular weight excluding hydrogens is 376 g/mol. The summed E-state index contributed by atoms with van der Waals surface area (Å²) in [7, 11) is 0. The number of nitrogens with zero attached hydrogens (tertiary/aromatic N) is 1. The maximum atomic E-state index is 13.0. The summed E-state index contributed by atoms with van der Waals surface area (Å²) >= 11 is 0. The van der Waals surface area contributed by atoms with Crippen LogP contribution >= 0.6 is 0 Å². The Balaban J connectivity index is 1.43. The second kappa shape index (κ2) is 8.82. The molecule has 0 saturated heterocycles. The average Bonchev–Trinajstić information content (AvgIpc) is 2.75. The van der Waals surface area contributed by atoms with E-state index in [1.807, 2.05) is 72.5 Å². The Morgan fingerprint density at radius 3 is 2.63 bits per heavy atom. The Hall–Kier alpha value is -3.60. The second-order valence-corrected chi connectivity index (χ2v) is 7.45. The van der Waals surface area contributed by atoms with Crippen molar-refractivity contribution in [2.45, 2.75) is 19.9 Å². The lowest BCUT2D eigenvalue weighted by Gasteiger charge is -2.29. The summed E-state index contributed by atoms with van der Waals surface area (Å²) < 4.78 is 5.77. The molecule has 1 N–H and O–H groups in total. The minimum absolute atomic E-state index is 0.00283. The van der Waals surface area contributed by atoms with Gasteiger partial charge in [-0.05, 0) is 43.2 Å². The van der Waals surface area contributed by atoms with Gasteiger partial charge in [0.25, 0.3) is 11.8 Å². The number of fused-ring (bicyclic) bond motifs is 1. The number of carbonyl (C=O) groups excluding carboxylic acids is 2. The van der Waals surface area contributed by atoms with Gasteiger partial charge in [-0.25, -0.2) is 0 Å². The molecule has 0 atom stereocenters. The van der Waals surface area contributed by atoms with Crippen molar-refractivity contribution in [3.8, 4) is 5.75 Å². The number of ether oxygens (including phenoxy) is 1. The van der Waals surface area contributed by atoms with Crippen LogP contribution in [0.15, 0.2) is 72.8 Å². The van der Waals surface area contributed by atoms with E-state index in [9.17, 15) is 9.59 Å². The van der Waals surface area contributed by atoms with E-state index in [-0.39, 0.29) is 18.4 Å². The van der Waals surface area contributed by atoms with Crippen LogP contribution in [0.3, 0.4) is 0 Å². The molecule has 4 rings (SSSR count). The lowest BCUT2D eigenvalue weighted by Crippen LogP contribution is -2.37. The molecule has 0 unspecified atom stereocenters. The number of hydrogen-bond acceptors (Lipinski definition) is 3. The Bertz CT molecular complexity index is 1060. The molecule has 152 valence electrons. The predicted molar refractivity (Wildman–Crippen MR) is 117 cm³/mol. The fourth-order valence-corrected chi connectivity index (χ4v) is 3.72. The predicted octanol–water partition coefficient (Wildman–Crippen LogP) is 4.21. The summed E-state index contributed by atoms with van der Waals surface area (Å²) in [6, 6.07) is 22.9. The topological polar surface area (TPSA) is 58.6 Å². The minimum atomic E-state index is -0.234. The smallest absolute Gasteiger partial charge is 0.262 e. The third kappa shape index (κ3) is 4.51. The molecule has 1 aliphatic rings. The molecule has 0 fully saturated rings. The van der Waals surface area contributed by atoms with E-state index >= 15 is 0 Å². The van der Waals surface area contributed by atoms with Gasteiger partial charge in [0.2, 0.25) is 0 Å². The summed E-state index contributed by atoms with van der Waals surface area (Å²) in [6.07, 6.45) is 0.698. The standard InChI is InChI=1S/C25H24N2O3/c1-18-7-5-8-19(15-18)16-27-14-13-21-22(25(27)29)11-6-12-23(21)30-17-24(28)26-20-9-3-2-4-10-20/h2-12,15H,13-14,16-17H2,1H3,(H,26,28). The van der Waals surface area contributed by atoms with Crippen LogP contribution in [0.2, 0.25) is 0 Å². The molecule has 0 spiro atoms. The number of anilines is 1. The quantitative estimate of drug-likeness (QED) is 0.674. The summed E-state index contributed by atoms with van der Waals surface area (Å²) in [5.74, 6) is 0.359. The molecule has 2 amide bonds. The molecule has 3 aromatic rings.